The lowest BCUT2D eigenvalue weighted by molar-refractivity contribution is 0.0949. The Labute approximate surface area is 260 Å². The average molecular weight is 607 g/mol. The zero-order chi connectivity index (χ0) is 31.1. The number of rotatable bonds is 9. The van der Waals surface area contributed by atoms with Crippen LogP contribution >= 0.6 is 0 Å². The summed E-state index contributed by atoms with van der Waals surface area (Å²) in [6, 6.07) is 21.0. The minimum atomic E-state index is -0.632. The zero-order valence-electron chi connectivity index (χ0n) is 25.4. The zero-order valence-corrected chi connectivity index (χ0v) is 25.4. The number of amides is 1. The van der Waals surface area contributed by atoms with Crippen LogP contribution in [0.3, 0.4) is 0 Å². The first-order chi connectivity index (χ1) is 21.9. The minimum Gasteiger partial charge on any atom is -0.496 e. The van der Waals surface area contributed by atoms with Crippen LogP contribution in [-0.2, 0) is 6.42 Å². The largest absolute Gasteiger partial charge is 0.496 e. The molecule has 1 unspecified atom stereocenters. The highest BCUT2D eigenvalue weighted by Gasteiger charge is 2.29. The molecule has 0 radical (unpaired) electrons. The first-order valence-corrected chi connectivity index (χ1v) is 15.4. The summed E-state index contributed by atoms with van der Waals surface area (Å²) in [5, 5.41) is 8.16. The second-order valence-corrected chi connectivity index (χ2v) is 11.8. The lowest BCUT2D eigenvalue weighted by atomic mass is 10.0. The van der Waals surface area contributed by atoms with Crippen molar-refractivity contribution in [3.63, 3.8) is 0 Å². The van der Waals surface area contributed by atoms with Gasteiger partial charge in [0.25, 0.3) is 5.91 Å². The number of fused-ring (bicyclic) bond motifs is 3. The van der Waals surface area contributed by atoms with Gasteiger partial charge < -0.3 is 29.6 Å². The monoisotopic (exact) mass is 606 g/mol. The Morgan fingerprint density at radius 2 is 1.84 bits per heavy atom. The summed E-state index contributed by atoms with van der Waals surface area (Å²) in [5.41, 5.74) is 1.64. The Bertz CT molecular complexity index is 2010. The standard InChI is InChI=1S/C36H35FN4O4/c1-40-17-7-11-25(40)14-16-39-36(43)27-21-41-29-18-23-9-3-4-10-24(23)19-31(29)45-35-32(28(37)20-26(33(35)41)34(27)42)38-15-13-22-8-5-6-12-30(22)44-2/h3-6,8-10,12,18-21,25,38H,7,11,13-17H2,1-2H3,(H,39,43). The van der Waals surface area contributed by atoms with Gasteiger partial charge in [-0.2, -0.15) is 0 Å². The third-order valence-corrected chi connectivity index (χ3v) is 9.06. The summed E-state index contributed by atoms with van der Waals surface area (Å²) >= 11 is 0. The molecule has 0 spiro atoms. The molecule has 45 heavy (non-hydrogen) atoms. The summed E-state index contributed by atoms with van der Waals surface area (Å²) in [6.07, 6.45) is 5.18. The number of halogens is 1. The number of para-hydroxylation sites is 1. The average Bonchev–Trinajstić information content (AvgIpc) is 3.46. The van der Waals surface area contributed by atoms with Crippen molar-refractivity contribution in [1.29, 1.82) is 0 Å². The van der Waals surface area contributed by atoms with E-state index in [0.29, 0.717) is 42.5 Å². The maximum atomic E-state index is 15.9. The normalized spacial score (nSPS) is 15.6. The van der Waals surface area contributed by atoms with E-state index < -0.39 is 17.2 Å². The van der Waals surface area contributed by atoms with Gasteiger partial charge in [-0.3, -0.25) is 9.59 Å². The summed E-state index contributed by atoms with van der Waals surface area (Å²) in [5.74, 6) is 0.362. The Kier molecular flexibility index (Phi) is 7.63. The van der Waals surface area contributed by atoms with Crippen LogP contribution in [0.5, 0.6) is 17.2 Å². The van der Waals surface area contributed by atoms with Gasteiger partial charge >= 0.3 is 0 Å². The number of nitrogens with zero attached hydrogens (tertiary/aromatic N) is 2. The predicted molar refractivity (Wildman–Crippen MR) is 175 cm³/mol. The number of nitrogens with one attached hydrogen (secondary N) is 2. The lowest BCUT2D eigenvalue weighted by Gasteiger charge is -2.27. The van der Waals surface area contributed by atoms with Gasteiger partial charge in [0.05, 0.1) is 18.2 Å². The van der Waals surface area contributed by atoms with Crippen LogP contribution in [-0.4, -0.2) is 55.2 Å². The first kappa shape index (κ1) is 28.9. The quantitative estimate of drug-likeness (QED) is 0.202. The van der Waals surface area contributed by atoms with Gasteiger partial charge in [0.1, 0.15) is 22.5 Å². The van der Waals surface area contributed by atoms with Gasteiger partial charge in [-0.05, 0) is 79.9 Å². The second kappa shape index (κ2) is 11.9. The van der Waals surface area contributed by atoms with Crippen LogP contribution < -0.4 is 25.5 Å². The molecule has 0 aliphatic carbocycles. The molecule has 4 aromatic carbocycles. The molecule has 1 atom stereocenters. The van der Waals surface area contributed by atoms with E-state index >= 15 is 4.39 Å². The molecule has 3 heterocycles. The fraction of sp³-hybridized carbons (Fsp3) is 0.278. The molecular formula is C36H35FN4O4. The Balaban J connectivity index is 1.29. The molecule has 9 heteroatoms. The van der Waals surface area contributed by atoms with Gasteiger partial charge in [0.15, 0.2) is 17.3 Å². The van der Waals surface area contributed by atoms with Crippen LogP contribution in [0.25, 0.3) is 27.4 Å². The first-order valence-electron chi connectivity index (χ1n) is 15.4. The number of hydrogen-bond acceptors (Lipinski definition) is 6. The molecular weight excluding hydrogens is 571 g/mol. The number of ether oxygens (including phenoxy) is 2. The summed E-state index contributed by atoms with van der Waals surface area (Å²) in [6.45, 7) is 1.89. The van der Waals surface area contributed by atoms with Crippen molar-refractivity contribution in [3.8, 4) is 22.9 Å². The van der Waals surface area contributed by atoms with Gasteiger partial charge in [-0.25, -0.2) is 4.39 Å². The third-order valence-electron chi connectivity index (χ3n) is 9.06. The van der Waals surface area contributed by atoms with E-state index in [0.717, 1.165) is 47.9 Å². The molecule has 0 bridgehead atoms. The topological polar surface area (TPSA) is 84.8 Å². The second-order valence-electron chi connectivity index (χ2n) is 11.8. The molecule has 8 nitrogen and oxygen atoms in total. The fourth-order valence-electron chi connectivity index (χ4n) is 6.65. The number of benzene rings is 4. The summed E-state index contributed by atoms with van der Waals surface area (Å²) in [7, 11) is 3.72. The maximum absolute atomic E-state index is 15.9. The van der Waals surface area contributed by atoms with Crippen molar-refractivity contribution in [2.24, 2.45) is 0 Å². The highest BCUT2D eigenvalue weighted by molar-refractivity contribution is 6.02. The van der Waals surface area contributed by atoms with Crippen LogP contribution in [0.1, 0.15) is 35.2 Å². The smallest absolute Gasteiger partial charge is 0.256 e. The molecule has 2 aliphatic heterocycles. The van der Waals surface area contributed by atoms with E-state index in [-0.39, 0.29) is 22.4 Å². The molecule has 7 rings (SSSR count). The fourth-order valence-corrected chi connectivity index (χ4v) is 6.65. The van der Waals surface area contributed by atoms with E-state index in [9.17, 15) is 9.59 Å². The van der Waals surface area contributed by atoms with Gasteiger partial charge in [-0.15, -0.1) is 0 Å². The number of aromatic nitrogens is 1. The predicted octanol–water partition coefficient (Wildman–Crippen LogP) is 6.27. The van der Waals surface area contributed by atoms with Crippen LogP contribution in [0.4, 0.5) is 10.1 Å². The number of methoxy groups -OCH3 is 1. The maximum Gasteiger partial charge on any atom is 0.256 e. The van der Waals surface area contributed by atoms with Crippen LogP contribution in [0.15, 0.2) is 77.7 Å². The number of likely N-dealkylation sites (tertiary alicyclic amines) is 1. The number of pyridine rings is 1. The van der Waals surface area contributed by atoms with E-state index in [2.05, 4.69) is 22.6 Å². The summed E-state index contributed by atoms with van der Waals surface area (Å²) in [4.78, 5) is 29.6. The number of hydrogen-bond donors (Lipinski definition) is 2. The molecule has 5 aromatic rings. The molecule has 1 amide bonds. The molecule has 1 aromatic heterocycles. The number of carbonyl (C=O) groups is 1. The molecule has 1 fully saturated rings. The van der Waals surface area contributed by atoms with Crippen LogP contribution in [0.2, 0.25) is 0 Å². The lowest BCUT2D eigenvalue weighted by Crippen LogP contribution is -2.34. The van der Waals surface area contributed by atoms with Gasteiger partial charge in [0.2, 0.25) is 5.43 Å². The van der Waals surface area contributed by atoms with Crippen molar-refractivity contribution < 1.29 is 18.7 Å². The minimum absolute atomic E-state index is 0.0366. The van der Waals surface area contributed by atoms with E-state index in [4.69, 9.17) is 9.47 Å². The molecule has 2 N–H and O–H groups in total. The molecule has 2 aliphatic rings. The highest BCUT2D eigenvalue weighted by atomic mass is 19.1. The van der Waals surface area contributed by atoms with Crippen molar-refractivity contribution >= 4 is 33.3 Å². The van der Waals surface area contributed by atoms with E-state index in [1.54, 1.807) is 17.9 Å². The van der Waals surface area contributed by atoms with Crippen molar-refractivity contribution in [1.82, 2.24) is 14.8 Å². The van der Waals surface area contributed by atoms with Gasteiger partial charge in [-0.1, -0.05) is 42.5 Å². The van der Waals surface area contributed by atoms with E-state index in [1.807, 2.05) is 60.7 Å². The van der Waals surface area contributed by atoms with Crippen molar-refractivity contribution in [2.45, 2.75) is 31.7 Å². The summed E-state index contributed by atoms with van der Waals surface area (Å²) < 4.78 is 29.6. The Hall–Kier alpha value is -4.89. The van der Waals surface area contributed by atoms with Crippen molar-refractivity contribution in [2.75, 3.05) is 39.1 Å². The Morgan fingerprint density at radius 1 is 1.07 bits per heavy atom. The highest BCUT2D eigenvalue weighted by Crippen LogP contribution is 2.46. The third kappa shape index (κ3) is 5.27. The van der Waals surface area contributed by atoms with Crippen LogP contribution in [0, 0.1) is 5.82 Å². The SMILES string of the molecule is COc1ccccc1CCNc1c(F)cc2c(=O)c(C(=O)NCCC3CCCN3C)cn3c2c1Oc1cc2ccccc2cc1-3. The molecule has 1 saturated heterocycles. The molecule has 0 saturated carbocycles. The number of carbonyl (C=O) groups excluding carboxylic acids is 1. The van der Waals surface area contributed by atoms with Gasteiger partial charge in [0, 0.05) is 25.3 Å². The molecule has 230 valence electrons. The van der Waals surface area contributed by atoms with Crippen molar-refractivity contribution in [3.05, 3.63) is 100 Å². The number of anilines is 1. The van der Waals surface area contributed by atoms with E-state index in [1.165, 1.54) is 6.07 Å². The Morgan fingerprint density at radius 3 is 2.62 bits per heavy atom.